The van der Waals surface area contributed by atoms with Crippen molar-refractivity contribution in [2.45, 2.75) is 0 Å². The van der Waals surface area contributed by atoms with Crippen LogP contribution in [-0.4, -0.2) is 105 Å². The zero-order valence-corrected chi connectivity index (χ0v) is 3.42. The summed E-state index contributed by atoms with van der Waals surface area (Å²) in [5, 5.41) is 0. The van der Waals surface area contributed by atoms with Gasteiger partial charge in [-0.1, -0.05) is 0 Å². The van der Waals surface area contributed by atoms with Crippen molar-refractivity contribution in [1.82, 2.24) is 0 Å². The molecule has 0 aromatic rings. The summed E-state index contributed by atoms with van der Waals surface area (Å²) in [4.78, 5) is 0. The van der Waals surface area contributed by atoms with E-state index in [0.717, 1.165) is 0 Å². The maximum atomic E-state index is 0. The second kappa shape index (κ2) is 23.6. The van der Waals surface area contributed by atoms with E-state index in [1.807, 2.05) is 0 Å². The number of rotatable bonds is 0. The van der Waals surface area contributed by atoms with Crippen LogP contribution in [0.1, 0.15) is 0 Å². The van der Waals surface area contributed by atoms with Gasteiger partial charge >= 0.3 is 87.4 Å². The first-order valence-corrected chi connectivity index (χ1v) is 0. The van der Waals surface area contributed by atoms with Crippen molar-refractivity contribution in [1.29, 1.82) is 0 Å². The standard InChI is InChI=1S/Al.Li.Mg.Sr.Y.8H. The average molecular weight is 243 g/mol. The van der Waals surface area contributed by atoms with Gasteiger partial charge in [-0.15, -0.1) is 0 Å². The van der Waals surface area contributed by atoms with Crippen molar-refractivity contribution in [3.05, 3.63) is 0 Å². The van der Waals surface area contributed by atoms with E-state index < -0.39 is 0 Å². The van der Waals surface area contributed by atoms with Crippen LogP contribution in [0.5, 0.6) is 0 Å². The quantitative estimate of drug-likeness (QED) is 0.384. The van der Waals surface area contributed by atoms with Gasteiger partial charge in [0.25, 0.3) is 0 Å². The fourth-order valence-corrected chi connectivity index (χ4v) is 0. The third kappa shape index (κ3) is 17.7. The maximum absolute atomic E-state index is 0. The van der Waals surface area contributed by atoms with Crippen LogP contribution >= 0.6 is 0 Å². The molecule has 0 aliphatic rings. The Hall–Kier alpha value is 4.48. The molecule has 0 saturated carbocycles. The van der Waals surface area contributed by atoms with Crippen LogP contribution in [0.15, 0.2) is 0 Å². The van der Waals surface area contributed by atoms with Gasteiger partial charge in [0.1, 0.15) is 0 Å². The van der Waals surface area contributed by atoms with Crippen molar-refractivity contribution < 1.29 is 32.7 Å². The molecule has 1 radical (unpaired) electrons. The van der Waals surface area contributed by atoms with Crippen molar-refractivity contribution in [3.63, 3.8) is 0 Å². The summed E-state index contributed by atoms with van der Waals surface area (Å²) in [5.74, 6) is 0. The van der Waals surface area contributed by atoms with Crippen molar-refractivity contribution in [2.24, 2.45) is 0 Å². The summed E-state index contributed by atoms with van der Waals surface area (Å²) >= 11 is 0. The molecule has 0 bridgehead atoms. The van der Waals surface area contributed by atoms with Crippen LogP contribution < -0.4 is 0 Å². The molecular formula is H8AlLiMgSrY. The van der Waals surface area contributed by atoms with Crippen molar-refractivity contribution in [3.8, 4) is 0 Å². The van der Waals surface area contributed by atoms with Crippen molar-refractivity contribution in [2.75, 3.05) is 0 Å². The van der Waals surface area contributed by atoms with Gasteiger partial charge in [-0.05, 0) is 0 Å². The molecule has 0 saturated heterocycles. The number of hydrogen-bond acceptors (Lipinski definition) is 0. The largest absolute Gasteiger partial charge is 0 e. The Bertz CT molecular complexity index is 11.6. The molecule has 0 rings (SSSR count). The molecule has 0 amide bonds. The van der Waals surface area contributed by atoms with Gasteiger partial charge in [-0.25, -0.2) is 0 Å². The van der Waals surface area contributed by atoms with Gasteiger partial charge in [-0.3, -0.25) is 0 Å². The zero-order valence-electron chi connectivity index (χ0n) is 0.577. The van der Waals surface area contributed by atoms with Crippen molar-refractivity contribution >= 4 is 105 Å². The second-order valence-corrected chi connectivity index (χ2v) is 0. The van der Waals surface area contributed by atoms with E-state index in [1.54, 1.807) is 0 Å². The molecule has 0 aromatic carbocycles. The predicted octanol–water partition coefficient (Wildman–Crippen LogP) is -3.67. The smallest absolute Gasteiger partial charge is 0 e. The monoisotopic (exact) mass is 243 g/mol. The van der Waals surface area contributed by atoms with Gasteiger partial charge in [-0.2, -0.15) is 0 Å². The summed E-state index contributed by atoms with van der Waals surface area (Å²) in [5.41, 5.74) is 0. The third-order valence-electron chi connectivity index (χ3n) is 0. The van der Waals surface area contributed by atoms with E-state index in [0.29, 0.717) is 0 Å². The van der Waals surface area contributed by atoms with Crippen LogP contribution in [0, 0.1) is 0 Å². The minimum absolute atomic E-state index is 0. The van der Waals surface area contributed by atoms with Crippen LogP contribution in [0.25, 0.3) is 0 Å². The Labute approximate surface area is 134 Å². The minimum atomic E-state index is 0. The summed E-state index contributed by atoms with van der Waals surface area (Å²) < 4.78 is 0. The molecule has 0 aliphatic carbocycles. The first-order chi connectivity index (χ1) is 0. The normalized spacial score (nSPS) is 0. The van der Waals surface area contributed by atoms with Crippen LogP contribution in [0.3, 0.4) is 0 Å². The Morgan fingerprint density at radius 3 is 1.00 bits per heavy atom. The van der Waals surface area contributed by atoms with Crippen LogP contribution in [0.2, 0.25) is 0 Å². The SMILES string of the molecule is [AlH3].[LiH].[MgH2].[SrH2].[Y]. The third-order valence-corrected chi connectivity index (χ3v) is 0. The molecule has 0 spiro atoms. The first-order valence-electron chi connectivity index (χ1n) is 0. The van der Waals surface area contributed by atoms with E-state index in [2.05, 4.69) is 0 Å². The number of hydrogen-bond donors (Lipinski definition) is 0. The topological polar surface area (TPSA) is 0 Å². The van der Waals surface area contributed by atoms with Gasteiger partial charge in [0.05, 0.1) is 0 Å². The van der Waals surface area contributed by atoms with Gasteiger partial charge in [0.2, 0.25) is 0 Å². The summed E-state index contributed by atoms with van der Waals surface area (Å²) in [7, 11) is 0. The van der Waals surface area contributed by atoms with E-state index in [4.69, 9.17) is 0 Å². The Morgan fingerprint density at radius 2 is 1.00 bits per heavy atom. The zero-order chi connectivity index (χ0) is 0. The molecule has 0 aromatic heterocycles. The van der Waals surface area contributed by atoms with Gasteiger partial charge < -0.3 is 0 Å². The molecule has 0 atom stereocenters. The molecular weight excluding hydrogens is 235 g/mol. The molecule has 0 fully saturated rings. The minimum Gasteiger partial charge on any atom is 0 e. The molecule has 0 heterocycles. The van der Waals surface area contributed by atoms with Gasteiger partial charge in [0, 0.05) is 32.7 Å². The van der Waals surface area contributed by atoms with E-state index in [9.17, 15) is 0 Å². The van der Waals surface area contributed by atoms with E-state index in [1.165, 1.54) is 0 Å². The maximum Gasteiger partial charge on any atom is 0 e. The molecule has 0 unspecified atom stereocenters. The Morgan fingerprint density at radius 1 is 1.00 bits per heavy atom. The summed E-state index contributed by atoms with van der Waals surface area (Å²) in [6.07, 6.45) is 0. The fraction of sp³-hybridized carbons (Fsp3) is 0. The predicted molar refractivity (Wildman–Crippen MR) is 34.2 cm³/mol. The Kier molecular flexibility index (Phi) is 161. The summed E-state index contributed by atoms with van der Waals surface area (Å²) in [6, 6.07) is 0. The summed E-state index contributed by atoms with van der Waals surface area (Å²) in [6.45, 7) is 0. The average Bonchev–Trinajstić information content (AvgIpc) is 0. The molecule has 0 nitrogen and oxygen atoms in total. The molecule has 5 heavy (non-hydrogen) atoms. The first kappa shape index (κ1) is 34.0. The molecule has 19 valence electrons. The molecule has 5 heteroatoms. The van der Waals surface area contributed by atoms with Crippen LogP contribution in [0.4, 0.5) is 0 Å². The van der Waals surface area contributed by atoms with Crippen LogP contribution in [-0.2, 0) is 32.7 Å². The van der Waals surface area contributed by atoms with E-state index in [-0.39, 0.29) is 137 Å². The fourth-order valence-electron chi connectivity index (χ4n) is 0. The molecule has 0 aliphatic heterocycles. The second-order valence-electron chi connectivity index (χ2n) is 0. The van der Waals surface area contributed by atoms with E-state index >= 15 is 0 Å². The van der Waals surface area contributed by atoms with Gasteiger partial charge in [0.15, 0.2) is 17.4 Å². The Balaban J connectivity index is 0. The molecule has 0 N–H and O–H groups in total.